The summed E-state index contributed by atoms with van der Waals surface area (Å²) >= 11 is 3.46. The monoisotopic (exact) mass is 329 g/mol. The van der Waals surface area contributed by atoms with Crippen LogP contribution >= 0.6 is 15.9 Å². The van der Waals surface area contributed by atoms with Gasteiger partial charge in [0, 0.05) is 5.56 Å². The van der Waals surface area contributed by atoms with Crippen LogP contribution in [0, 0.1) is 0 Å². The summed E-state index contributed by atoms with van der Waals surface area (Å²) in [5, 5.41) is 11.6. The molecule has 19 heavy (non-hydrogen) atoms. The number of hydrogen-bond acceptors (Lipinski definition) is 4. The molecule has 1 aromatic carbocycles. The molecule has 0 aliphatic heterocycles. The highest BCUT2D eigenvalue weighted by molar-refractivity contribution is 9.10. The minimum Gasteiger partial charge on any atom is -0.490 e. The van der Waals surface area contributed by atoms with Gasteiger partial charge in [-0.3, -0.25) is 0 Å². The van der Waals surface area contributed by atoms with Crippen LogP contribution in [-0.2, 0) is 0 Å². The second-order valence-electron chi connectivity index (χ2n) is 4.06. The Kier molecular flexibility index (Phi) is 7.33. The third-order valence-electron chi connectivity index (χ3n) is 2.53. The lowest BCUT2D eigenvalue weighted by molar-refractivity contribution is 0.269. The number of oxime groups is 1. The van der Waals surface area contributed by atoms with Gasteiger partial charge in [0.2, 0.25) is 0 Å². The average Bonchev–Trinajstić information content (AvgIpc) is 2.38. The first-order chi connectivity index (χ1) is 9.22. The maximum atomic E-state index is 8.58. The first-order valence-corrected chi connectivity index (χ1v) is 7.28. The normalized spacial score (nSPS) is 10.9. The Labute approximate surface area is 122 Å². The van der Waals surface area contributed by atoms with Gasteiger partial charge in [-0.1, -0.05) is 24.9 Å². The molecule has 106 valence electrons. The number of halogens is 1. The lowest BCUT2D eigenvalue weighted by Crippen LogP contribution is -2.02. The Bertz CT molecular complexity index is 421. The van der Waals surface area contributed by atoms with Crippen molar-refractivity contribution in [2.24, 2.45) is 5.16 Å². The highest BCUT2D eigenvalue weighted by Crippen LogP contribution is 2.36. The minimum atomic E-state index is 0.553. The lowest BCUT2D eigenvalue weighted by Gasteiger charge is -2.14. The molecule has 1 aromatic rings. The molecule has 0 unspecified atom stereocenters. The van der Waals surface area contributed by atoms with Crippen molar-refractivity contribution in [2.75, 3.05) is 13.2 Å². The fourth-order valence-electron chi connectivity index (χ4n) is 1.66. The van der Waals surface area contributed by atoms with Gasteiger partial charge in [-0.25, -0.2) is 0 Å². The van der Waals surface area contributed by atoms with Crippen molar-refractivity contribution in [3.8, 4) is 11.5 Å². The van der Waals surface area contributed by atoms with Crippen LogP contribution in [0.2, 0.25) is 0 Å². The smallest absolute Gasteiger partial charge is 0.175 e. The number of rotatable bonds is 8. The van der Waals surface area contributed by atoms with Gasteiger partial charge < -0.3 is 14.7 Å². The molecular formula is C14H20BrNO3. The van der Waals surface area contributed by atoms with Crippen molar-refractivity contribution in [1.29, 1.82) is 0 Å². The van der Waals surface area contributed by atoms with Gasteiger partial charge in [0.15, 0.2) is 11.5 Å². The van der Waals surface area contributed by atoms with Gasteiger partial charge in [0.1, 0.15) is 0 Å². The molecule has 1 rings (SSSR count). The maximum absolute atomic E-state index is 8.58. The van der Waals surface area contributed by atoms with E-state index in [4.69, 9.17) is 14.7 Å². The van der Waals surface area contributed by atoms with Crippen molar-refractivity contribution >= 4 is 22.1 Å². The summed E-state index contributed by atoms with van der Waals surface area (Å²) in [4.78, 5) is 0. The Morgan fingerprint density at radius 2 is 2.05 bits per heavy atom. The van der Waals surface area contributed by atoms with Crippen LogP contribution in [0.5, 0.6) is 11.5 Å². The Morgan fingerprint density at radius 3 is 2.68 bits per heavy atom. The number of unbranched alkanes of at least 4 members (excludes halogenated alkanes) is 2. The third kappa shape index (κ3) is 5.11. The zero-order valence-electron chi connectivity index (χ0n) is 11.4. The van der Waals surface area contributed by atoms with E-state index in [0.717, 1.165) is 29.3 Å². The van der Waals surface area contributed by atoms with E-state index in [1.807, 2.05) is 13.0 Å². The van der Waals surface area contributed by atoms with Crippen molar-refractivity contribution < 1.29 is 14.7 Å². The molecule has 0 aromatic heterocycles. The average molecular weight is 330 g/mol. The Hall–Kier alpha value is -1.23. The van der Waals surface area contributed by atoms with Crippen molar-refractivity contribution in [3.05, 3.63) is 22.2 Å². The van der Waals surface area contributed by atoms with Crippen LogP contribution in [0.1, 0.15) is 38.7 Å². The highest BCUT2D eigenvalue weighted by Gasteiger charge is 2.11. The molecule has 4 nitrogen and oxygen atoms in total. The number of benzene rings is 1. The molecule has 0 fully saturated rings. The first-order valence-electron chi connectivity index (χ1n) is 6.49. The van der Waals surface area contributed by atoms with E-state index in [1.54, 1.807) is 6.07 Å². The zero-order chi connectivity index (χ0) is 14.1. The van der Waals surface area contributed by atoms with E-state index in [0.29, 0.717) is 24.7 Å². The van der Waals surface area contributed by atoms with Crippen LogP contribution in [0.3, 0.4) is 0 Å². The largest absolute Gasteiger partial charge is 0.490 e. The highest BCUT2D eigenvalue weighted by atomic mass is 79.9. The predicted octanol–water partition coefficient (Wildman–Crippen LogP) is 4.22. The van der Waals surface area contributed by atoms with Crippen LogP contribution in [0.25, 0.3) is 0 Å². The fourth-order valence-corrected chi connectivity index (χ4v) is 2.23. The first kappa shape index (κ1) is 15.8. The molecule has 1 N–H and O–H groups in total. The molecule has 0 saturated heterocycles. The quantitative estimate of drug-likeness (QED) is 0.336. The number of ether oxygens (including phenoxy) is 2. The molecule has 0 spiro atoms. The summed E-state index contributed by atoms with van der Waals surface area (Å²) in [6.07, 6.45) is 4.69. The summed E-state index contributed by atoms with van der Waals surface area (Å²) in [6, 6.07) is 3.63. The molecular weight excluding hydrogens is 310 g/mol. The summed E-state index contributed by atoms with van der Waals surface area (Å²) in [7, 11) is 0. The van der Waals surface area contributed by atoms with Crippen molar-refractivity contribution in [1.82, 2.24) is 0 Å². The standard InChI is InChI=1S/C14H20BrNO3/c1-3-5-6-7-19-14-12(15)8-11(10-16-17)9-13(14)18-4-2/h8-10,17H,3-7H2,1-2H3. The van der Waals surface area contributed by atoms with Crippen molar-refractivity contribution in [2.45, 2.75) is 33.1 Å². The molecule has 5 heteroatoms. The molecule has 0 amide bonds. The maximum Gasteiger partial charge on any atom is 0.175 e. The Balaban J connectivity index is 2.87. The second kappa shape index (κ2) is 8.80. The summed E-state index contributed by atoms with van der Waals surface area (Å²) in [6.45, 7) is 5.30. The van der Waals surface area contributed by atoms with Gasteiger partial charge in [0.05, 0.1) is 23.9 Å². The SMILES string of the molecule is CCCCCOc1c(Br)cc(C=NO)cc1OCC. The van der Waals surface area contributed by atoms with E-state index in [-0.39, 0.29) is 0 Å². The van der Waals surface area contributed by atoms with Gasteiger partial charge in [0.25, 0.3) is 0 Å². The lowest BCUT2D eigenvalue weighted by atomic mass is 10.2. The van der Waals surface area contributed by atoms with Gasteiger partial charge >= 0.3 is 0 Å². The number of hydrogen-bond donors (Lipinski definition) is 1. The van der Waals surface area contributed by atoms with Crippen molar-refractivity contribution in [3.63, 3.8) is 0 Å². The van der Waals surface area contributed by atoms with E-state index < -0.39 is 0 Å². The third-order valence-corrected chi connectivity index (χ3v) is 3.12. The zero-order valence-corrected chi connectivity index (χ0v) is 12.9. The summed E-state index contributed by atoms with van der Waals surface area (Å²) in [5.41, 5.74) is 0.749. The number of nitrogens with zero attached hydrogens (tertiary/aromatic N) is 1. The molecule has 0 aliphatic rings. The molecule has 0 aliphatic carbocycles. The minimum absolute atomic E-state index is 0.553. The second-order valence-corrected chi connectivity index (χ2v) is 4.92. The summed E-state index contributed by atoms with van der Waals surface area (Å²) < 4.78 is 12.1. The predicted molar refractivity (Wildman–Crippen MR) is 79.7 cm³/mol. The van der Waals surface area contributed by atoms with Gasteiger partial charge in [-0.15, -0.1) is 0 Å². The molecule has 0 atom stereocenters. The topological polar surface area (TPSA) is 51.0 Å². The van der Waals surface area contributed by atoms with E-state index in [9.17, 15) is 0 Å². The Morgan fingerprint density at radius 1 is 1.26 bits per heavy atom. The van der Waals surface area contributed by atoms with E-state index >= 15 is 0 Å². The van der Waals surface area contributed by atoms with Gasteiger partial charge in [-0.05, 0) is 41.4 Å². The van der Waals surface area contributed by atoms with Gasteiger partial charge in [-0.2, -0.15) is 0 Å². The summed E-state index contributed by atoms with van der Waals surface area (Å²) in [5.74, 6) is 1.36. The molecule has 0 bridgehead atoms. The van der Waals surface area contributed by atoms with Crippen LogP contribution in [0.4, 0.5) is 0 Å². The van der Waals surface area contributed by atoms with Crippen LogP contribution in [-0.4, -0.2) is 24.6 Å². The van der Waals surface area contributed by atoms with Crippen LogP contribution in [0.15, 0.2) is 21.8 Å². The molecule has 0 saturated carbocycles. The molecule has 0 heterocycles. The van der Waals surface area contributed by atoms with Crippen LogP contribution < -0.4 is 9.47 Å². The van der Waals surface area contributed by atoms with E-state index in [1.165, 1.54) is 6.21 Å². The van der Waals surface area contributed by atoms with E-state index in [2.05, 4.69) is 28.0 Å². The fraction of sp³-hybridized carbons (Fsp3) is 0.500. The molecule has 0 radical (unpaired) electrons.